The summed E-state index contributed by atoms with van der Waals surface area (Å²) in [7, 11) is 1.78. The average molecular weight is 509 g/mol. The maximum Gasteiger partial charge on any atom is 0.251 e. The van der Waals surface area contributed by atoms with E-state index in [0.29, 0.717) is 24.7 Å². The van der Waals surface area contributed by atoms with Crippen LogP contribution in [0.15, 0.2) is 33.7 Å². The highest BCUT2D eigenvalue weighted by Gasteiger charge is 2.14. The van der Waals surface area contributed by atoms with Crippen LogP contribution in [0.25, 0.3) is 0 Å². The third-order valence-corrected chi connectivity index (χ3v) is 4.45. The Morgan fingerprint density at radius 1 is 1.21 bits per heavy atom. The van der Waals surface area contributed by atoms with Gasteiger partial charge in [0.25, 0.3) is 5.91 Å². The van der Waals surface area contributed by atoms with E-state index in [1.807, 2.05) is 18.2 Å². The van der Waals surface area contributed by atoms with Crippen LogP contribution < -0.4 is 16.0 Å². The number of benzene rings is 1. The van der Waals surface area contributed by atoms with Gasteiger partial charge in [0.1, 0.15) is 0 Å². The van der Waals surface area contributed by atoms with Crippen LogP contribution in [-0.4, -0.2) is 38.0 Å². The lowest BCUT2D eigenvalue weighted by Crippen LogP contribution is -2.46. The third kappa shape index (κ3) is 7.38. The molecule has 0 bridgehead atoms. The van der Waals surface area contributed by atoms with Crippen LogP contribution in [0.3, 0.4) is 0 Å². The molecule has 1 aromatic rings. The molecule has 2 rings (SSSR count). The Bertz CT molecular complexity index is 547. The highest BCUT2D eigenvalue weighted by atomic mass is 127. The van der Waals surface area contributed by atoms with Gasteiger partial charge in [-0.2, -0.15) is 0 Å². The number of carbonyl (C=O) groups is 1. The first kappa shape index (κ1) is 21.2. The fourth-order valence-corrected chi connectivity index (χ4v) is 3.12. The second-order valence-corrected chi connectivity index (χ2v) is 6.66. The van der Waals surface area contributed by atoms with Gasteiger partial charge in [-0.15, -0.1) is 24.0 Å². The summed E-state index contributed by atoms with van der Waals surface area (Å²) in [5, 5.41) is 9.61. The van der Waals surface area contributed by atoms with Crippen LogP contribution in [0.2, 0.25) is 0 Å². The highest BCUT2D eigenvalue weighted by molar-refractivity contribution is 14.0. The zero-order chi connectivity index (χ0) is 16.5. The van der Waals surface area contributed by atoms with Gasteiger partial charge < -0.3 is 16.0 Å². The van der Waals surface area contributed by atoms with Crippen molar-refractivity contribution in [3.8, 4) is 0 Å². The molecule has 1 aliphatic carbocycles. The lowest BCUT2D eigenvalue weighted by Gasteiger charge is -2.24. The van der Waals surface area contributed by atoms with E-state index in [0.717, 1.165) is 10.4 Å². The second kappa shape index (κ2) is 11.7. The van der Waals surface area contributed by atoms with E-state index >= 15 is 0 Å². The Morgan fingerprint density at radius 2 is 1.92 bits per heavy atom. The summed E-state index contributed by atoms with van der Waals surface area (Å²) >= 11 is 3.37. The molecule has 0 aromatic heterocycles. The minimum absolute atomic E-state index is 0. The molecule has 1 fully saturated rings. The Kier molecular flexibility index (Phi) is 10.3. The Balaban J connectivity index is 0.00000288. The van der Waals surface area contributed by atoms with Crippen LogP contribution in [0.1, 0.15) is 42.5 Å². The first-order valence-electron chi connectivity index (χ1n) is 8.20. The summed E-state index contributed by atoms with van der Waals surface area (Å²) in [5.41, 5.74) is 0.657. The van der Waals surface area contributed by atoms with E-state index in [1.165, 1.54) is 32.1 Å². The van der Waals surface area contributed by atoms with Crippen molar-refractivity contribution in [2.75, 3.05) is 20.1 Å². The summed E-state index contributed by atoms with van der Waals surface area (Å²) in [6.07, 6.45) is 6.33. The number of guanidine groups is 1. The summed E-state index contributed by atoms with van der Waals surface area (Å²) < 4.78 is 0.903. The molecule has 134 valence electrons. The van der Waals surface area contributed by atoms with Crippen LogP contribution in [0.4, 0.5) is 0 Å². The number of nitrogens with one attached hydrogen (secondary N) is 3. The SMILES string of the molecule is CN=C(NCCNC(=O)c1cccc(Br)c1)NC1CCCCC1.I. The van der Waals surface area contributed by atoms with Crippen molar-refractivity contribution < 1.29 is 4.79 Å². The molecule has 0 aliphatic heterocycles. The van der Waals surface area contributed by atoms with Crippen molar-refractivity contribution in [3.05, 3.63) is 34.3 Å². The van der Waals surface area contributed by atoms with Crippen LogP contribution in [0, 0.1) is 0 Å². The molecule has 0 radical (unpaired) electrons. The number of hydrogen-bond acceptors (Lipinski definition) is 2. The number of carbonyl (C=O) groups excluding carboxylic acids is 1. The zero-order valence-electron chi connectivity index (χ0n) is 14.0. The van der Waals surface area contributed by atoms with Gasteiger partial charge in [0.05, 0.1) is 0 Å². The van der Waals surface area contributed by atoms with E-state index in [1.54, 1.807) is 13.1 Å². The number of hydrogen-bond donors (Lipinski definition) is 3. The number of aliphatic imine (C=N–C) groups is 1. The van der Waals surface area contributed by atoms with E-state index in [9.17, 15) is 4.79 Å². The van der Waals surface area contributed by atoms with Gasteiger partial charge in [-0.1, -0.05) is 41.3 Å². The summed E-state index contributed by atoms with van der Waals surface area (Å²) in [6.45, 7) is 1.20. The first-order valence-corrected chi connectivity index (χ1v) is 8.99. The molecule has 24 heavy (non-hydrogen) atoms. The molecule has 3 N–H and O–H groups in total. The lowest BCUT2D eigenvalue weighted by molar-refractivity contribution is 0.0954. The molecule has 1 saturated carbocycles. The fraction of sp³-hybridized carbons (Fsp3) is 0.529. The molecular formula is C17H26BrIN4O. The van der Waals surface area contributed by atoms with Crippen molar-refractivity contribution in [2.24, 2.45) is 4.99 Å². The van der Waals surface area contributed by atoms with Crippen molar-refractivity contribution in [1.29, 1.82) is 0 Å². The standard InChI is InChI=1S/C17H25BrN4O.HI/c1-19-17(22-15-8-3-2-4-9-15)21-11-10-20-16(23)13-6-5-7-14(18)12-13;/h5-7,12,15H,2-4,8-11H2,1H3,(H,20,23)(H2,19,21,22);1H. The highest BCUT2D eigenvalue weighted by Crippen LogP contribution is 2.17. The van der Waals surface area contributed by atoms with Gasteiger partial charge in [0.2, 0.25) is 0 Å². The molecule has 1 aromatic carbocycles. The minimum Gasteiger partial charge on any atom is -0.355 e. The molecule has 1 amide bonds. The molecule has 1 aliphatic rings. The Morgan fingerprint density at radius 3 is 2.58 bits per heavy atom. The van der Waals surface area contributed by atoms with Crippen molar-refractivity contribution >= 4 is 51.8 Å². The van der Waals surface area contributed by atoms with Gasteiger partial charge in [-0.3, -0.25) is 9.79 Å². The van der Waals surface area contributed by atoms with Crippen molar-refractivity contribution in [1.82, 2.24) is 16.0 Å². The van der Waals surface area contributed by atoms with E-state index in [2.05, 4.69) is 36.9 Å². The predicted octanol–water partition coefficient (Wildman–Crippen LogP) is 3.29. The van der Waals surface area contributed by atoms with Gasteiger partial charge in [0, 0.05) is 36.2 Å². The molecule has 5 nitrogen and oxygen atoms in total. The van der Waals surface area contributed by atoms with Crippen LogP contribution in [-0.2, 0) is 0 Å². The van der Waals surface area contributed by atoms with Crippen LogP contribution >= 0.6 is 39.9 Å². The van der Waals surface area contributed by atoms with Crippen LogP contribution in [0.5, 0.6) is 0 Å². The zero-order valence-corrected chi connectivity index (χ0v) is 17.9. The maximum absolute atomic E-state index is 12.0. The van der Waals surface area contributed by atoms with Gasteiger partial charge in [-0.25, -0.2) is 0 Å². The lowest BCUT2D eigenvalue weighted by atomic mass is 9.96. The Hall–Kier alpha value is -0.830. The number of amides is 1. The average Bonchev–Trinajstić information content (AvgIpc) is 2.58. The maximum atomic E-state index is 12.0. The van der Waals surface area contributed by atoms with E-state index in [-0.39, 0.29) is 29.9 Å². The molecule has 0 unspecified atom stereocenters. The normalized spacial score (nSPS) is 15.3. The topological polar surface area (TPSA) is 65.5 Å². The quantitative estimate of drug-likeness (QED) is 0.247. The predicted molar refractivity (Wildman–Crippen MR) is 113 cm³/mol. The summed E-state index contributed by atoms with van der Waals surface area (Å²) in [6, 6.07) is 7.89. The molecule has 0 heterocycles. The molecule has 0 spiro atoms. The van der Waals surface area contributed by atoms with Gasteiger partial charge in [0.15, 0.2) is 5.96 Å². The van der Waals surface area contributed by atoms with Gasteiger partial charge in [-0.05, 0) is 31.0 Å². The minimum atomic E-state index is -0.0664. The van der Waals surface area contributed by atoms with Crippen molar-refractivity contribution in [3.63, 3.8) is 0 Å². The molecule has 0 atom stereocenters. The van der Waals surface area contributed by atoms with Crippen molar-refractivity contribution in [2.45, 2.75) is 38.1 Å². The Labute approximate surface area is 169 Å². The largest absolute Gasteiger partial charge is 0.355 e. The number of halogens is 2. The molecular weight excluding hydrogens is 483 g/mol. The number of nitrogens with zero attached hydrogens (tertiary/aromatic N) is 1. The smallest absolute Gasteiger partial charge is 0.251 e. The van der Waals surface area contributed by atoms with E-state index < -0.39 is 0 Å². The fourth-order valence-electron chi connectivity index (χ4n) is 2.72. The monoisotopic (exact) mass is 508 g/mol. The second-order valence-electron chi connectivity index (χ2n) is 5.74. The molecule has 7 heteroatoms. The molecule has 0 saturated heterocycles. The van der Waals surface area contributed by atoms with Gasteiger partial charge >= 0.3 is 0 Å². The summed E-state index contributed by atoms with van der Waals surface area (Å²) in [5.74, 6) is 0.747. The first-order chi connectivity index (χ1) is 11.2. The van der Waals surface area contributed by atoms with E-state index in [4.69, 9.17) is 0 Å². The number of rotatable bonds is 5. The third-order valence-electron chi connectivity index (χ3n) is 3.96. The summed E-state index contributed by atoms with van der Waals surface area (Å²) in [4.78, 5) is 16.3.